The zero-order valence-electron chi connectivity index (χ0n) is 16.1. The molecule has 0 aliphatic carbocycles. The van der Waals surface area contributed by atoms with Crippen LogP contribution < -0.4 is 5.32 Å². The van der Waals surface area contributed by atoms with Crippen molar-refractivity contribution in [2.45, 2.75) is 59.8 Å². The molecule has 2 rings (SSSR count). The first-order valence-electron chi connectivity index (χ1n) is 8.63. The Balaban J connectivity index is 1.91. The topological polar surface area (TPSA) is 56.2 Å². The number of carbonyl (C=O) groups is 1. The fourth-order valence-electron chi connectivity index (χ4n) is 2.63. The number of nitrogens with one attached hydrogen (secondary N) is 1. The first kappa shape index (κ1) is 19.2. The summed E-state index contributed by atoms with van der Waals surface area (Å²) >= 11 is 0. The van der Waals surface area contributed by atoms with Crippen molar-refractivity contribution in [1.29, 1.82) is 0 Å². The van der Waals surface area contributed by atoms with E-state index >= 15 is 0 Å². The second kappa shape index (κ2) is 7.83. The average molecular weight is 343 g/mol. The zero-order valence-corrected chi connectivity index (χ0v) is 16.1. The molecule has 0 saturated heterocycles. The summed E-state index contributed by atoms with van der Waals surface area (Å²) < 4.78 is 7.62. The van der Waals surface area contributed by atoms with Gasteiger partial charge in [0.15, 0.2) is 0 Å². The summed E-state index contributed by atoms with van der Waals surface area (Å²) in [6.07, 6.45) is 0.359. The van der Waals surface area contributed by atoms with E-state index < -0.39 is 0 Å². The number of amides is 1. The number of hydrogen-bond donors (Lipinski definition) is 1. The lowest BCUT2D eigenvalue weighted by atomic mass is 10.1. The monoisotopic (exact) mass is 343 g/mol. The average Bonchev–Trinajstić information content (AvgIpc) is 2.77. The lowest BCUT2D eigenvalue weighted by Gasteiger charge is -2.19. The maximum Gasteiger partial charge on any atom is 0.224 e. The van der Waals surface area contributed by atoms with Crippen LogP contribution in [0.15, 0.2) is 24.3 Å². The van der Waals surface area contributed by atoms with Crippen molar-refractivity contribution in [3.05, 3.63) is 52.3 Å². The number of nitrogens with zero attached hydrogens (tertiary/aromatic N) is 2. The fourth-order valence-corrected chi connectivity index (χ4v) is 2.63. The molecule has 1 N–H and O–H groups in total. The van der Waals surface area contributed by atoms with Crippen molar-refractivity contribution in [2.24, 2.45) is 7.05 Å². The predicted octanol–water partition coefficient (Wildman–Crippen LogP) is 3.21. The minimum atomic E-state index is -0.163. The van der Waals surface area contributed by atoms with Crippen LogP contribution in [0, 0.1) is 13.8 Å². The normalized spacial score (nSPS) is 11.6. The van der Waals surface area contributed by atoms with Crippen LogP contribution in [0.3, 0.4) is 0 Å². The number of hydrogen-bond acceptors (Lipinski definition) is 3. The highest BCUT2D eigenvalue weighted by Crippen LogP contribution is 2.14. The minimum Gasteiger partial charge on any atom is -0.371 e. The molecule has 1 heterocycles. The molecule has 0 fully saturated rings. The van der Waals surface area contributed by atoms with Gasteiger partial charge in [-0.05, 0) is 45.7 Å². The minimum absolute atomic E-state index is 0.00976. The van der Waals surface area contributed by atoms with Gasteiger partial charge in [-0.25, -0.2) is 0 Å². The van der Waals surface area contributed by atoms with Gasteiger partial charge in [0.05, 0.1) is 24.3 Å². The standard InChI is InChI=1S/C20H29N3O2/c1-14-18(15(2)23(6)22-14)11-19(24)21-12-16-8-7-9-17(10-16)13-25-20(3,4)5/h7-10H,11-13H2,1-6H3,(H,21,24). The quantitative estimate of drug-likeness (QED) is 0.876. The molecule has 5 heteroatoms. The number of ether oxygens (including phenoxy) is 1. The van der Waals surface area contributed by atoms with E-state index in [9.17, 15) is 4.79 Å². The van der Waals surface area contributed by atoms with Gasteiger partial charge in [0.2, 0.25) is 5.91 Å². The van der Waals surface area contributed by atoms with Crippen LogP contribution in [0.1, 0.15) is 48.8 Å². The third kappa shape index (κ3) is 5.71. The van der Waals surface area contributed by atoms with Crippen molar-refractivity contribution in [3.8, 4) is 0 Å². The van der Waals surface area contributed by atoms with E-state index in [0.717, 1.165) is 28.1 Å². The highest BCUT2D eigenvalue weighted by Gasteiger charge is 2.13. The zero-order chi connectivity index (χ0) is 18.6. The van der Waals surface area contributed by atoms with Crippen molar-refractivity contribution in [2.75, 3.05) is 0 Å². The van der Waals surface area contributed by atoms with Gasteiger partial charge in [0.25, 0.3) is 0 Å². The highest BCUT2D eigenvalue weighted by atomic mass is 16.5. The molecule has 0 aliphatic rings. The molecule has 0 atom stereocenters. The van der Waals surface area contributed by atoms with Crippen LogP contribution in [-0.4, -0.2) is 21.3 Å². The maximum atomic E-state index is 12.3. The molecule has 5 nitrogen and oxygen atoms in total. The number of benzene rings is 1. The molecule has 136 valence electrons. The maximum absolute atomic E-state index is 12.3. The summed E-state index contributed by atoms with van der Waals surface area (Å²) in [7, 11) is 1.90. The molecular weight excluding hydrogens is 314 g/mol. The van der Waals surface area contributed by atoms with Crippen LogP contribution in [0.5, 0.6) is 0 Å². The van der Waals surface area contributed by atoms with Gasteiger partial charge >= 0.3 is 0 Å². The third-order valence-electron chi connectivity index (χ3n) is 4.15. The summed E-state index contributed by atoms with van der Waals surface area (Å²) in [4.78, 5) is 12.3. The van der Waals surface area contributed by atoms with Crippen LogP contribution in [0.25, 0.3) is 0 Å². The molecule has 1 aromatic carbocycles. The van der Waals surface area contributed by atoms with E-state index in [1.165, 1.54) is 0 Å². The molecule has 0 saturated carbocycles. The first-order valence-corrected chi connectivity index (χ1v) is 8.63. The Hall–Kier alpha value is -2.14. The summed E-state index contributed by atoms with van der Waals surface area (Å²) in [5, 5.41) is 7.35. The van der Waals surface area contributed by atoms with Crippen molar-refractivity contribution < 1.29 is 9.53 Å². The van der Waals surface area contributed by atoms with Gasteiger partial charge in [-0.3, -0.25) is 9.48 Å². The van der Waals surface area contributed by atoms with E-state index in [-0.39, 0.29) is 11.5 Å². The van der Waals surface area contributed by atoms with Crippen LogP contribution >= 0.6 is 0 Å². The summed E-state index contributed by atoms with van der Waals surface area (Å²) in [6, 6.07) is 8.13. The Morgan fingerprint density at radius 2 is 1.92 bits per heavy atom. The lowest BCUT2D eigenvalue weighted by molar-refractivity contribution is -0.120. The first-order chi connectivity index (χ1) is 11.7. The van der Waals surface area contributed by atoms with Crippen molar-refractivity contribution in [1.82, 2.24) is 15.1 Å². The van der Waals surface area contributed by atoms with Crippen molar-refractivity contribution in [3.63, 3.8) is 0 Å². The van der Waals surface area contributed by atoms with Crippen LogP contribution in [0.2, 0.25) is 0 Å². The van der Waals surface area contributed by atoms with E-state index in [0.29, 0.717) is 19.6 Å². The van der Waals surface area contributed by atoms with Gasteiger partial charge in [-0.1, -0.05) is 24.3 Å². The Bertz CT molecular complexity index is 742. The molecule has 1 aromatic heterocycles. The van der Waals surface area contributed by atoms with Gasteiger partial charge in [0.1, 0.15) is 0 Å². The third-order valence-corrected chi connectivity index (χ3v) is 4.15. The molecule has 0 unspecified atom stereocenters. The van der Waals surface area contributed by atoms with Gasteiger partial charge in [-0.2, -0.15) is 5.10 Å². The van der Waals surface area contributed by atoms with Gasteiger partial charge < -0.3 is 10.1 Å². The smallest absolute Gasteiger partial charge is 0.224 e. The van der Waals surface area contributed by atoms with Crippen LogP contribution in [-0.2, 0) is 36.2 Å². The molecule has 2 aromatic rings. The summed E-state index contributed by atoms with van der Waals surface area (Å²) in [6.45, 7) is 11.1. The predicted molar refractivity (Wildman–Crippen MR) is 99.2 cm³/mol. The number of aromatic nitrogens is 2. The van der Waals surface area contributed by atoms with Gasteiger partial charge in [0, 0.05) is 24.8 Å². The highest BCUT2D eigenvalue weighted by molar-refractivity contribution is 5.79. The Labute approximate surface area is 150 Å². The van der Waals surface area contributed by atoms with Gasteiger partial charge in [-0.15, -0.1) is 0 Å². The Morgan fingerprint density at radius 1 is 1.24 bits per heavy atom. The second-order valence-electron chi connectivity index (χ2n) is 7.45. The molecule has 0 spiro atoms. The number of rotatable bonds is 6. The van der Waals surface area contributed by atoms with Crippen molar-refractivity contribution >= 4 is 5.91 Å². The summed E-state index contributed by atoms with van der Waals surface area (Å²) in [5.41, 5.74) is 4.98. The van der Waals surface area contributed by atoms with E-state index in [1.54, 1.807) is 0 Å². The van der Waals surface area contributed by atoms with Crippen LogP contribution in [0.4, 0.5) is 0 Å². The molecule has 0 aliphatic heterocycles. The second-order valence-corrected chi connectivity index (χ2v) is 7.45. The molecule has 0 radical (unpaired) electrons. The van der Waals surface area contributed by atoms with E-state index in [2.05, 4.69) is 16.5 Å². The largest absolute Gasteiger partial charge is 0.371 e. The Morgan fingerprint density at radius 3 is 2.52 bits per heavy atom. The summed E-state index contributed by atoms with van der Waals surface area (Å²) in [5.74, 6) is 0.00976. The van der Waals surface area contributed by atoms with E-state index in [1.807, 2.05) is 64.5 Å². The molecular formula is C20H29N3O2. The molecule has 0 bridgehead atoms. The number of carbonyl (C=O) groups excluding carboxylic acids is 1. The fraction of sp³-hybridized carbons (Fsp3) is 0.500. The van der Waals surface area contributed by atoms with E-state index in [4.69, 9.17) is 4.74 Å². The Kier molecular flexibility index (Phi) is 6.01. The number of aryl methyl sites for hydroxylation is 2. The molecule has 1 amide bonds. The lowest BCUT2D eigenvalue weighted by Crippen LogP contribution is -2.25. The molecule has 25 heavy (non-hydrogen) atoms. The SMILES string of the molecule is Cc1nn(C)c(C)c1CC(=O)NCc1cccc(COC(C)(C)C)c1.